The van der Waals surface area contributed by atoms with Gasteiger partial charge in [-0.1, -0.05) is 187 Å². The van der Waals surface area contributed by atoms with Crippen LogP contribution in [0.15, 0.2) is 164 Å². The Morgan fingerprint density at radius 2 is 1.23 bits per heavy atom. The third-order valence-electron chi connectivity index (χ3n) is 8.35. The van der Waals surface area contributed by atoms with Gasteiger partial charge in [0.25, 0.3) is 0 Å². The number of aryl methyl sites for hydroxylation is 1. The van der Waals surface area contributed by atoms with Crippen LogP contribution in [-0.2, 0) is 11.6 Å². The summed E-state index contributed by atoms with van der Waals surface area (Å²) >= 11 is 0. The molecule has 1 heterocycles. The third-order valence-corrected chi connectivity index (χ3v) is 10.1. The summed E-state index contributed by atoms with van der Waals surface area (Å²) in [6, 6.07) is 52.3. The van der Waals surface area contributed by atoms with E-state index in [9.17, 15) is 0 Å². The summed E-state index contributed by atoms with van der Waals surface area (Å²) in [6.07, 6.45) is 9.71. The van der Waals surface area contributed by atoms with Gasteiger partial charge in [-0.15, -0.1) is 0 Å². The molecule has 2 radical (unpaired) electrons. The molecule has 0 spiro atoms. The minimum Gasteiger partial charge on any atom is -0.326 e. The molecule has 6 aromatic rings. The third kappa shape index (κ3) is 6.65. The summed E-state index contributed by atoms with van der Waals surface area (Å²) in [5, 5.41) is 1.04. The molecule has 1 saturated carbocycles. The fourth-order valence-electron chi connectivity index (χ4n) is 6.05. The number of benzene rings is 5. The van der Waals surface area contributed by atoms with Crippen molar-refractivity contribution in [2.45, 2.75) is 37.2 Å². The normalized spacial score (nSPS) is 12.7. The Balaban J connectivity index is 0.000000174. The highest BCUT2D eigenvalue weighted by atomic mass is 28.2. The van der Waals surface area contributed by atoms with Crippen LogP contribution in [-0.4, -0.2) is 25.8 Å². The molecule has 4 heteroatoms. The van der Waals surface area contributed by atoms with E-state index in [-0.39, 0.29) is 5.16 Å². The van der Waals surface area contributed by atoms with Crippen molar-refractivity contribution in [3.8, 4) is 0 Å². The van der Waals surface area contributed by atoms with Crippen LogP contribution in [0, 0.1) is 0 Å². The second-order valence-corrected chi connectivity index (χ2v) is 12.8. The maximum absolute atomic E-state index is 4.38. The van der Waals surface area contributed by atoms with Gasteiger partial charge in [-0.05, 0) is 23.1 Å². The van der Waals surface area contributed by atoms with E-state index in [1.807, 2.05) is 12.5 Å². The molecular formula is C39H37BN2Si. The van der Waals surface area contributed by atoms with Crippen molar-refractivity contribution in [3.05, 3.63) is 181 Å². The second kappa shape index (κ2) is 13.7. The smallest absolute Gasteiger partial charge is 0.212 e. The largest absolute Gasteiger partial charge is 0.326 e. The number of hydrogen-bond acceptors (Lipinski definition) is 1. The van der Waals surface area contributed by atoms with Gasteiger partial charge < -0.3 is 4.57 Å². The molecule has 1 aliphatic carbocycles. The molecule has 0 aliphatic heterocycles. The fraction of sp³-hybridized carbons (Fsp3) is 0.154. The molecule has 7 rings (SSSR count). The Labute approximate surface area is 259 Å². The van der Waals surface area contributed by atoms with Gasteiger partial charge in [0.15, 0.2) is 0 Å². The highest BCUT2D eigenvalue weighted by Crippen LogP contribution is 2.38. The van der Waals surface area contributed by atoms with E-state index in [0.717, 1.165) is 12.2 Å². The highest BCUT2D eigenvalue weighted by Gasteiger charge is 2.37. The topological polar surface area (TPSA) is 17.8 Å². The van der Waals surface area contributed by atoms with Gasteiger partial charge in [0.05, 0.1) is 11.5 Å². The van der Waals surface area contributed by atoms with Crippen LogP contribution >= 0.6 is 0 Å². The lowest BCUT2D eigenvalue weighted by molar-refractivity contribution is 0.596. The molecule has 0 amide bonds. The van der Waals surface area contributed by atoms with Crippen LogP contribution in [0.1, 0.15) is 36.5 Å². The first-order chi connectivity index (χ1) is 21.3. The van der Waals surface area contributed by atoms with Crippen LogP contribution in [0.4, 0.5) is 0 Å². The Bertz CT molecular complexity index is 1590. The first kappa shape index (κ1) is 28.7. The molecule has 0 bridgehead atoms. The Morgan fingerprint density at radius 3 is 1.70 bits per heavy atom. The van der Waals surface area contributed by atoms with Gasteiger partial charge in [-0.3, -0.25) is 0 Å². The quantitative estimate of drug-likeness (QED) is 0.177. The van der Waals surface area contributed by atoms with Crippen LogP contribution in [0.5, 0.6) is 0 Å². The predicted molar refractivity (Wildman–Crippen MR) is 183 cm³/mol. The Kier molecular flexibility index (Phi) is 9.15. The summed E-state index contributed by atoms with van der Waals surface area (Å²) in [7, 11) is 0.538. The van der Waals surface area contributed by atoms with Crippen molar-refractivity contribution in [1.29, 1.82) is 0 Å². The lowest BCUT2D eigenvalue weighted by Crippen LogP contribution is -2.46. The molecule has 1 aliphatic rings. The van der Waals surface area contributed by atoms with E-state index >= 15 is 0 Å². The standard InChI is InChI=1S/C24H22N2Si.C15H15B/c1-2-20-10-9-15-23(18-20)27-24(26-17-16-25-19-26,21-11-5-3-6-12-21)22-13-7-4-8-14-22;1-3-7-13(8-4-1)16(15-11-12-15)14-9-5-2-6-10-14/h3-19H,2H2,1H3;1-10,15H,11-12H2. The molecule has 0 N–H and O–H groups in total. The van der Waals surface area contributed by atoms with E-state index < -0.39 is 0 Å². The van der Waals surface area contributed by atoms with Crippen LogP contribution in [0.2, 0.25) is 5.82 Å². The predicted octanol–water partition coefficient (Wildman–Crippen LogP) is 6.68. The van der Waals surface area contributed by atoms with E-state index in [1.165, 1.54) is 45.6 Å². The van der Waals surface area contributed by atoms with Crippen LogP contribution < -0.4 is 16.1 Å². The maximum atomic E-state index is 4.38. The van der Waals surface area contributed by atoms with Gasteiger partial charge in [0.2, 0.25) is 6.71 Å². The average molecular weight is 573 g/mol. The summed E-state index contributed by atoms with van der Waals surface area (Å²) in [5.74, 6) is 0.866. The Hall–Kier alpha value is -4.41. The van der Waals surface area contributed by atoms with Crippen molar-refractivity contribution < 1.29 is 0 Å². The van der Waals surface area contributed by atoms with Crippen molar-refractivity contribution in [1.82, 2.24) is 9.55 Å². The number of hydrogen-bond donors (Lipinski definition) is 0. The number of imidazole rings is 1. The number of rotatable bonds is 9. The molecule has 0 saturated heterocycles. The summed E-state index contributed by atoms with van der Waals surface area (Å²) < 4.78 is 2.26. The molecule has 0 unspecified atom stereocenters. The summed E-state index contributed by atoms with van der Waals surface area (Å²) in [4.78, 5) is 4.38. The van der Waals surface area contributed by atoms with E-state index in [2.05, 4.69) is 168 Å². The van der Waals surface area contributed by atoms with Crippen LogP contribution in [0.3, 0.4) is 0 Å². The first-order valence-electron chi connectivity index (χ1n) is 15.3. The Morgan fingerprint density at radius 1 is 0.698 bits per heavy atom. The minimum atomic E-state index is -0.314. The van der Waals surface area contributed by atoms with Crippen molar-refractivity contribution in [2.75, 3.05) is 0 Å². The van der Waals surface area contributed by atoms with E-state index in [1.54, 1.807) is 0 Å². The van der Waals surface area contributed by atoms with E-state index in [0.29, 0.717) is 16.2 Å². The second-order valence-electron chi connectivity index (χ2n) is 11.2. The molecule has 5 aromatic carbocycles. The zero-order valence-electron chi connectivity index (χ0n) is 24.8. The van der Waals surface area contributed by atoms with Gasteiger partial charge in [-0.25, -0.2) is 4.98 Å². The molecule has 210 valence electrons. The van der Waals surface area contributed by atoms with Crippen LogP contribution in [0.25, 0.3) is 0 Å². The summed E-state index contributed by atoms with van der Waals surface area (Å²) in [5.41, 5.74) is 6.86. The zero-order valence-corrected chi connectivity index (χ0v) is 25.8. The molecule has 2 nitrogen and oxygen atoms in total. The van der Waals surface area contributed by atoms with Gasteiger partial charge in [-0.2, -0.15) is 0 Å². The first-order valence-corrected chi connectivity index (χ1v) is 16.3. The van der Waals surface area contributed by atoms with Crippen molar-refractivity contribution in [3.63, 3.8) is 0 Å². The van der Waals surface area contributed by atoms with Crippen molar-refractivity contribution >= 4 is 32.3 Å². The lowest BCUT2D eigenvalue weighted by Gasteiger charge is -2.36. The lowest BCUT2D eigenvalue weighted by atomic mass is 9.37. The SMILES string of the molecule is CCc1cccc([Si]C(c2ccccc2)(c2ccccc2)n2ccnc2)c1.c1ccc(B(c2ccccc2)C2CC2)cc1. The zero-order chi connectivity index (χ0) is 29.3. The monoisotopic (exact) mass is 572 g/mol. The fourth-order valence-corrected chi connectivity index (χ4v) is 7.79. The van der Waals surface area contributed by atoms with E-state index in [4.69, 9.17) is 0 Å². The minimum absolute atomic E-state index is 0.314. The van der Waals surface area contributed by atoms with Gasteiger partial charge in [0, 0.05) is 12.4 Å². The number of nitrogens with zero attached hydrogens (tertiary/aromatic N) is 2. The van der Waals surface area contributed by atoms with Crippen molar-refractivity contribution in [2.24, 2.45) is 0 Å². The summed E-state index contributed by atoms with van der Waals surface area (Å²) in [6.45, 7) is 2.82. The van der Waals surface area contributed by atoms with Gasteiger partial charge >= 0.3 is 0 Å². The average Bonchev–Trinajstić information content (AvgIpc) is 3.76. The molecule has 43 heavy (non-hydrogen) atoms. The molecule has 1 aromatic heterocycles. The highest BCUT2D eigenvalue weighted by molar-refractivity contribution is 6.86. The molecule has 1 fully saturated rings. The molecule has 0 atom stereocenters. The number of aromatic nitrogens is 2. The van der Waals surface area contributed by atoms with Gasteiger partial charge in [0.1, 0.15) is 9.52 Å². The molecular weight excluding hydrogens is 535 g/mol. The maximum Gasteiger partial charge on any atom is 0.212 e.